The second-order valence-corrected chi connectivity index (χ2v) is 10.2. The molecular weight excluding hydrogens is 470 g/mol. The summed E-state index contributed by atoms with van der Waals surface area (Å²) in [4.78, 5) is 43.5. The summed E-state index contributed by atoms with van der Waals surface area (Å²) in [7, 11) is 1.57. The lowest BCUT2D eigenvalue weighted by atomic mass is 9.96. The van der Waals surface area contributed by atoms with Crippen LogP contribution in [0, 0.1) is 5.92 Å². The van der Waals surface area contributed by atoms with Crippen LogP contribution >= 0.6 is 0 Å². The van der Waals surface area contributed by atoms with Crippen LogP contribution in [0.15, 0.2) is 48.5 Å². The fourth-order valence-electron chi connectivity index (χ4n) is 4.99. The lowest BCUT2D eigenvalue weighted by Crippen LogP contribution is -2.60. The van der Waals surface area contributed by atoms with E-state index in [1.807, 2.05) is 38.1 Å². The molecule has 1 atom stereocenters. The van der Waals surface area contributed by atoms with Crippen molar-refractivity contribution in [2.24, 2.45) is 5.92 Å². The first kappa shape index (κ1) is 26.7. The number of ether oxygens (including phenoxy) is 2. The Bertz CT molecular complexity index is 1110. The van der Waals surface area contributed by atoms with Crippen LogP contribution in [0.5, 0.6) is 5.75 Å². The number of piperidine rings is 1. The van der Waals surface area contributed by atoms with E-state index in [0.29, 0.717) is 49.4 Å². The molecule has 0 aliphatic carbocycles. The minimum atomic E-state index is -0.945. The molecular formula is C29H37N3O5. The van der Waals surface area contributed by atoms with Crippen LogP contribution < -0.4 is 10.1 Å². The summed E-state index contributed by atoms with van der Waals surface area (Å²) in [6, 6.07) is 13.8. The van der Waals surface area contributed by atoms with E-state index in [-0.39, 0.29) is 30.2 Å². The van der Waals surface area contributed by atoms with Gasteiger partial charge in [0.2, 0.25) is 5.91 Å². The molecule has 1 N–H and O–H groups in total. The molecule has 2 fully saturated rings. The maximum atomic E-state index is 13.8. The molecule has 3 amide bonds. The summed E-state index contributed by atoms with van der Waals surface area (Å²) in [6.45, 7) is 7.63. The third-order valence-corrected chi connectivity index (χ3v) is 7.24. The number of nitrogens with one attached hydrogen (secondary N) is 1. The summed E-state index contributed by atoms with van der Waals surface area (Å²) in [5.41, 5.74) is 1.35. The number of benzene rings is 2. The molecule has 2 aromatic carbocycles. The van der Waals surface area contributed by atoms with Crippen molar-refractivity contribution < 1.29 is 23.9 Å². The number of nitrogens with zero attached hydrogens (tertiary/aromatic N) is 2. The van der Waals surface area contributed by atoms with E-state index in [9.17, 15) is 14.4 Å². The van der Waals surface area contributed by atoms with E-state index in [1.54, 1.807) is 41.2 Å². The van der Waals surface area contributed by atoms with Gasteiger partial charge < -0.3 is 19.7 Å². The number of hydrogen-bond donors (Lipinski definition) is 1. The zero-order chi connectivity index (χ0) is 26.6. The third kappa shape index (κ3) is 5.64. The largest absolute Gasteiger partial charge is 0.497 e. The molecule has 2 aliphatic rings. The highest BCUT2D eigenvalue weighted by Crippen LogP contribution is 2.39. The minimum absolute atomic E-state index is 0.0326. The van der Waals surface area contributed by atoms with Crippen LogP contribution in [0.2, 0.25) is 0 Å². The number of rotatable bonds is 7. The Balaban J connectivity index is 1.54. The molecule has 8 heteroatoms. The third-order valence-electron chi connectivity index (χ3n) is 7.24. The number of likely N-dealkylation sites (tertiary alicyclic amines) is 1. The zero-order valence-corrected chi connectivity index (χ0v) is 22.2. The van der Waals surface area contributed by atoms with Crippen molar-refractivity contribution >= 4 is 17.7 Å². The SMILES string of the molecule is CCc1ccc(C(=O)N2CCC3(CC2)OCC(C(=O)NCC(C)C)N3C(=O)c2ccc(OC)cc2)cc1. The molecule has 2 aromatic rings. The standard InChI is InChI=1S/C29H37N3O5/c1-5-21-6-8-22(9-7-21)27(34)31-16-14-29(15-17-31)32(25(19-37-29)26(33)30-18-20(2)3)28(35)23-10-12-24(36-4)13-11-23/h6-13,20,25H,5,14-19H2,1-4H3,(H,30,33). The molecule has 0 saturated carbocycles. The minimum Gasteiger partial charge on any atom is -0.497 e. The van der Waals surface area contributed by atoms with Crippen molar-refractivity contribution in [3.63, 3.8) is 0 Å². The van der Waals surface area contributed by atoms with Crippen LogP contribution in [0.3, 0.4) is 0 Å². The lowest BCUT2D eigenvalue weighted by molar-refractivity contribution is -0.128. The average molecular weight is 508 g/mol. The van der Waals surface area contributed by atoms with Gasteiger partial charge in [0, 0.05) is 43.6 Å². The highest BCUT2D eigenvalue weighted by molar-refractivity contribution is 5.99. The van der Waals surface area contributed by atoms with Gasteiger partial charge in [0.25, 0.3) is 11.8 Å². The van der Waals surface area contributed by atoms with Crippen LogP contribution in [-0.4, -0.2) is 72.6 Å². The van der Waals surface area contributed by atoms with Gasteiger partial charge in [0.05, 0.1) is 13.7 Å². The summed E-state index contributed by atoms with van der Waals surface area (Å²) >= 11 is 0. The highest BCUT2D eigenvalue weighted by atomic mass is 16.5. The van der Waals surface area contributed by atoms with Crippen LogP contribution in [0.25, 0.3) is 0 Å². The Labute approximate surface area is 218 Å². The molecule has 0 radical (unpaired) electrons. The molecule has 1 unspecified atom stereocenters. The Morgan fingerprint density at radius 1 is 1.00 bits per heavy atom. The average Bonchev–Trinajstić information content (AvgIpc) is 3.29. The van der Waals surface area contributed by atoms with Gasteiger partial charge in [-0.1, -0.05) is 32.9 Å². The molecule has 37 heavy (non-hydrogen) atoms. The van der Waals surface area contributed by atoms with Crippen molar-refractivity contribution in [1.29, 1.82) is 0 Å². The van der Waals surface area contributed by atoms with Gasteiger partial charge in [-0.3, -0.25) is 19.3 Å². The van der Waals surface area contributed by atoms with Gasteiger partial charge in [-0.25, -0.2) is 0 Å². The maximum absolute atomic E-state index is 13.8. The van der Waals surface area contributed by atoms with Crippen molar-refractivity contribution in [3.8, 4) is 5.75 Å². The van der Waals surface area contributed by atoms with Gasteiger partial charge in [0.1, 0.15) is 17.5 Å². The lowest BCUT2D eigenvalue weighted by Gasteiger charge is -2.44. The smallest absolute Gasteiger partial charge is 0.256 e. The Hall–Kier alpha value is -3.39. The summed E-state index contributed by atoms with van der Waals surface area (Å²) in [5.74, 6) is 0.414. The first-order valence-corrected chi connectivity index (χ1v) is 13.1. The van der Waals surface area contributed by atoms with Crippen molar-refractivity contribution in [2.45, 2.75) is 51.8 Å². The normalized spacial score (nSPS) is 18.8. The van der Waals surface area contributed by atoms with Crippen LogP contribution in [0.1, 0.15) is 59.9 Å². The molecule has 8 nitrogen and oxygen atoms in total. The van der Waals surface area contributed by atoms with Crippen LogP contribution in [-0.2, 0) is 16.0 Å². The molecule has 2 saturated heterocycles. The highest BCUT2D eigenvalue weighted by Gasteiger charge is 2.54. The van der Waals surface area contributed by atoms with Crippen LogP contribution in [0.4, 0.5) is 0 Å². The second-order valence-electron chi connectivity index (χ2n) is 10.2. The monoisotopic (exact) mass is 507 g/mol. The molecule has 1 spiro atoms. The Morgan fingerprint density at radius 3 is 2.16 bits per heavy atom. The van der Waals surface area contributed by atoms with E-state index < -0.39 is 11.8 Å². The summed E-state index contributed by atoms with van der Waals surface area (Å²) in [6.07, 6.45) is 1.78. The molecule has 2 heterocycles. The van der Waals surface area contributed by atoms with Crippen molar-refractivity contribution in [1.82, 2.24) is 15.1 Å². The van der Waals surface area contributed by atoms with Gasteiger partial charge in [-0.2, -0.15) is 0 Å². The second kappa shape index (κ2) is 11.3. The first-order valence-electron chi connectivity index (χ1n) is 13.1. The number of carbonyl (C=O) groups excluding carboxylic acids is 3. The maximum Gasteiger partial charge on any atom is 0.256 e. The quantitative estimate of drug-likeness (QED) is 0.620. The van der Waals surface area contributed by atoms with E-state index in [2.05, 4.69) is 12.2 Å². The van der Waals surface area contributed by atoms with Gasteiger partial charge in [-0.15, -0.1) is 0 Å². The van der Waals surface area contributed by atoms with Gasteiger partial charge in [-0.05, 0) is 54.3 Å². The first-order chi connectivity index (χ1) is 17.8. The summed E-state index contributed by atoms with van der Waals surface area (Å²) < 4.78 is 11.5. The summed E-state index contributed by atoms with van der Waals surface area (Å²) in [5, 5.41) is 2.96. The van der Waals surface area contributed by atoms with E-state index in [4.69, 9.17) is 9.47 Å². The topological polar surface area (TPSA) is 88.2 Å². The predicted octanol–water partition coefficient (Wildman–Crippen LogP) is 3.50. The van der Waals surface area contributed by atoms with Gasteiger partial charge >= 0.3 is 0 Å². The van der Waals surface area contributed by atoms with E-state index in [0.717, 1.165) is 6.42 Å². The van der Waals surface area contributed by atoms with E-state index in [1.165, 1.54) is 5.56 Å². The molecule has 0 bridgehead atoms. The molecule has 0 aromatic heterocycles. The number of aryl methyl sites for hydroxylation is 1. The van der Waals surface area contributed by atoms with Crippen molar-refractivity contribution in [3.05, 3.63) is 65.2 Å². The Morgan fingerprint density at radius 2 is 1.59 bits per heavy atom. The van der Waals surface area contributed by atoms with E-state index >= 15 is 0 Å². The predicted molar refractivity (Wildman–Crippen MR) is 140 cm³/mol. The van der Waals surface area contributed by atoms with Crippen molar-refractivity contribution in [2.75, 3.05) is 33.4 Å². The molecule has 4 rings (SSSR count). The number of hydrogen-bond acceptors (Lipinski definition) is 5. The fraction of sp³-hybridized carbons (Fsp3) is 0.483. The van der Waals surface area contributed by atoms with Gasteiger partial charge in [0.15, 0.2) is 0 Å². The Kier molecular flexibility index (Phi) is 8.17. The number of methoxy groups -OCH3 is 1. The number of amides is 3. The zero-order valence-electron chi connectivity index (χ0n) is 22.2. The molecule has 2 aliphatic heterocycles. The molecule has 198 valence electrons. The number of carbonyl (C=O) groups is 3. The fourth-order valence-corrected chi connectivity index (χ4v) is 4.99.